The number of nitrogens with zero attached hydrogens (tertiary/aromatic N) is 3. The number of rotatable bonds is 1. The number of aliphatic hydroxyl groups excluding tert-OH is 1. The van der Waals surface area contributed by atoms with Crippen molar-refractivity contribution in [3.63, 3.8) is 0 Å². The van der Waals surface area contributed by atoms with Crippen molar-refractivity contribution in [1.82, 2.24) is 14.5 Å². The first-order valence-corrected chi connectivity index (χ1v) is 9.89. The van der Waals surface area contributed by atoms with E-state index < -0.39 is 6.09 Å². The summed E-state index contributed by atoms with van der Waals surface area (Å²) < 4.78 is 2.21. The minimum absolute atomic E-state index is 0.0801. The molecular weight excluding hydrogens is 342 g/mol. The molecule has 1 amide bonds. The number of carboxylic acid groups (broad SMARTS) is 1. The van der Waals surface area contributed by atoms with Crippen LogP contribution < -0.4 is 0 Å². The van der Waals surface area contributed by atoms with Crippen LogP contribution in [0.3, 0.4) is 0 Å². The molecule has 0 radical (unpaired) electrons. The molecule has 2 N–H and O–H groups in total. The highest BCUT2D eigenvalue weighted by Crippen LogP contribution is 2.62. The third-order valence-electron chi connectivity index (χ3n) is 7.73. The molecule has 6 heteroatoms. The van der Waals surface area contributed by atoms with E-state index in [9.17, 15) is 15.0 Å². The summed E-state index contributed by atoms with van der Waals surface area (Å²) in [5.74, 6) is 0.164. The third kappa shape index (κ3) is 1.89. The average Bonchev–Trinajstić information content (AvgIpc) is 3.32. The highest BCUT2D eigenvalue weighted by Gasteiger charge is 2.62. The van der Waals surface area contributed by atoms with Gasteiger partial charge in [0.1, 0.15) is 0 Å². The molecule has 1 aromatic heterocycles. The Morgan fingerprint density at radius 2 is 1.89 bits per heavy atom. The summed E-state index contributed by atoms with van der Waals surface area (Å²) in [6.45, 7) is 0. The molecule has 27 heavy (non-hydrogen) atoms. The molecule has 3 fully saturated rings. The SMILES string of the molecule is O=C(O)N1[C@@H]2CC[C@H]1CC1(C[C@H]([C@@H]3c4ccccc4-c4cncn43)[C@@H]1O)C2. The van der Waals surface area contributed by atoms with Gasteiger partial charge in [0.05, 0.1) is 30.4 Å². The summed E-state index contributed by atoms with van der Waals surface area (Å²) in [6.07, 6.45) is 7.06. The monoisotopic (exact) mass is 365 g/mol. The Hall–Kier alpha value is -2.34. The van der Waals surface area contributed by atoms with Crippen molar-refractivity contribution in [2.75, 3.05) is 0 Å². The van der Waals surface area contributed by atoms with Gasteiger partial charge in [-0.2, -0.15) is 0 Å². The van der Waals surface area contributed by atoms with Crippen LogP contribution in [0.5, 0.6) is 0 Å². The van der Waals surface area contributed by atoms with Crippen LogP contribution >= 0.6 is 0 Å². The van der Waals surface area contributed by atoms with Gasteiger partial charge in [-0.1, -0.05) is 24.3 Å². The maximum atomic E-state index is 11.6. The molecule has 140 valence electrons. The highest BCUT2D eigenvalue weighted by atomic mass is 16.4. The summed E-state index contributed by atoms with van der Waals surface area (Å²) in [7, 11) is 0. The van der Waals surface area contributed by atoms with Gasteiger partial charge in [0.2, 0.25) is 0 Å². The van der Waals surface area contributed by atoms with Gasteiger partial charge in [-0.25, -0.2) is 9.78 Å². The molecule has 6 nitrogen and oxygen atoms in total. The van der Waals surface area contributed by atoms with E-state index in [-0.39, 0.29) is 35.6 Å². The van der Waals surface area contributed by atoms with E-state index in [0.29, 0.717) is 0 Å². The number of fused-ring (bicyclic) bond motifs is 5. The number of carbonyl (C=O) groups is 1. The summed E-state index contributed by atoms with van der Waals surface area (Å²) in [5, 5.41) is 20.8. The van der Waals surface area contributed by atoms with Crippen LogP contribution in [-0.4, -0.2) is 48.9 Å². The van der Waals surface area contributed by atoms with Crippen molar-refractivity contribution >= 4 is 6.09 Å². The molecule has 4 heterocycles. The molecule has 3 aliphatic heterocycles. The van der Waals surface area contributed by atoms with Gasteiger partial charge in [-0.3, -0.25) is 0 Å². The Morgan fingerprint density at radius 3 is 2.59 bits per heavy atom. The number of hydrogen-bond donors (Lipinski definition) is 2. The van der Waals surface area contributed by atoms with E-state index in [4.69, 9.17) is 0 Å². The molecule has 6 rings (SSSR count). The molecule has 2 bridgehead atoms. The van der Waals surface area contributed by atoms with Gasteiger partial charge in [-0.05, 0) is 37.7 Å². The minimum atomic E-state index is -0.796. The topological polar surface area (TPSA) is 78.6 Å². The van der Waals surface area contributed by atoms with E-state index in [2.05, 4.69) is 33.8 Å². The summed E-state index contributed by atoms with van der Waals surface area (Å²) in [6, 6.07) is 8.72. The van der Waals surface area contributed by atoms with Crippen LogP contribution in [0.15, 0.2) is 36.8 Å². The van der Waals surface area contributed by atoms with E-state index in [0.717, 1.165) is 37.8 Å². The first-order valence-electron chi connectivity index (χ1n) is 9.89. The summed E-state index contributed by atoms with van der Waals surface area (Å²) >= 11 is 0. The van der Waals surface area contributed by atoms with Crippen molar-refractivity contribution < 1.29 is 15.0 Å². The second kappa shape index (κ2) is 5.13. The van der Waals surface area contributed by atoms with Crippen LogP contribution in [0.25, 0.3) is 11.3 Å². The van der Waals surface area contributed by atoms with Gasteiger partial charge in [-0.15, -0.1) is 0 Å². The molecule has 1 aliphatic carbocycles. The van der Waals surface area contributed by atoms with E-state index in [1.54, 1.807) is 4.90 Å². The molecule has 4 aliphatic rings. The molecule has 2 aromatic rings. The second-order valence-corrected chi connectivity index (χ2v) is 8.88. The maximum absolute atomic E-state index is 11.6. The fourth-order valence-electron chi connectivity index (χ4n) is 6.69. The minimum Gasteiger partial charge on any atom is -0.465 e. The van der Waals surface area contributed by atoms with Crippen LogP contribution in [-0.2, 0) is 0 Å². The third-order valence-corrected chi connectivity index (χ3v) is 7.73. The molecule has 6 atom stereocenters. The highest BCUT2D eigenvalue weighted by molar-refractivity contribution is 5.69. The van der Waals surface area contributed by atoms with Crippen LogP contribution in [0.4, 0.5) is 4.79 Å². The Labute approximate surface area is 157 Å². The molecular formula is C21H23N3O3. The van der Waals surface area contributed by atoms with E-state index in [1.807, 2.05) is 12.5 Å². The zero-order valence-electron chi connectivity index (χ0n) is 15.0. The number of hydrogen-bond acceptors (Lipinski definition) is 3. The van der Waals surface area contributed by atoms with Gasteiger partial charge < -0.3 is 19.7 Å². The largest absolute Gasteiger partial charge is 0.465 e. The van der Waals surface area contributed by atoms with Crippen molar-refractivity contribution in [1.29, 1.82) is 0 Å². The lowest BCUT2D eigenvalue weighted by Crippen LogP contribution is -2.62. The van der Waals surface area contributed by atoms with Crippen LogP contribution in [0.1, 0.15) is 43.7 Å². The number of piperidine rings is 1. The summed E-state index contributed by atoms with van der Waals surface area (Å²) in [4.78, 5) is 17.6. The number of imidazole rings is 1. The standard InChI is InChI=1S/C21H23N3O3/c25-19-16(9-21(19)7-12-5-6-13(8-21)24(12)20(26)27)18-15-4-2-1-3-14(15)17-10-22-11-23(17)18/h1-4,10-13,16,18-19,25H,5-9H2,(H,26,27)/t12-,13+,16-,18+,19+,21?/m1/s1. The number of aliphatic hydroxyl groups is 1. The lowest BCUT2D eigenvalue weighted by molar-refractivity contribution is -0.166. The van der Waals surface area contributed by atoms with Crippen molar-refractivity contribution in [3.05, 3.63) is 42.4 Å². The van der Waals surface area contributed by atoms with E-state index >= 15 is 0 Å². The molecule has 1 unspecified atom stereocenters. The molecule has 2 saturated heterocycles. The molecule has 1 aromatic carbocycles. The van der Waals surface area contributed by atoms with Crippen LogP contribution in [0.2, 0.25) is 0 Å². The Bertz CT molecular complexity index is 924. The van der Waals surface area contributed by atoms with Crippen molar-refractivity contribution in [3.8, 4) is 11.3 Å². The Kier molecular flexibility index (Phi) is 2.98. The van der Waals surface area contributed by atoms with Crippen LogP contribution in [0, 0.1) is 11.3 Å². The average molecular weight is 365 g/mol. The van der Waals surface area contributed by atoms with Gasteiger partial charge in [0.15, 0.2) is 0 Å². The quantitative estimate of drug-likeness (QED) is 0.814. The Balaban J connectivity index is 1.31. The lowest BCUT2D eigenvalue weighted by atomic mass is 9.51. The number of amides is 1. The van der Waals surface area contributed by atoms with Gasteiger partial charge in [0.25, 0.3) is 0 Å². The zero-order valence-corrected chi connectivity index (χ0v) is 15.0. The van der Waals surface area contributed by atoms with Crippen molar-refractivity contribution in [2.24, 2.45) is 11.3 Å². The first kappa shape index (κ1) is 15.7. The Morgan fingerprint density at radius 1 is 1.15 bits per heavy atom. The fraction of sp³-hybridized carbons (Fsp3) is 0.524. The molecule has 1 saturated carbocycles. The smallest absolute Gasteiger partial charge is 0.407 e. The van der Waals surface area contributed by atoms with Crippen molar-refractivity contribution in [2.45, 2.75) is 56.3 Å². The first-order chi connectivity index (χ1) is 13.1. The number of benzene rings is 1. The molecule has 1 spiro atoms. The normalized spacial score (nSPS) is 38.6. The van der Waals surface area contributed by atoms with E-state index in [1.165, 1.54) is 11.1 Å². The van der Waals surface area contributed by atoms with Gasteiger partial charge in [0, 0.05) is 29.0 Å². The summed E-state index contributed by atoms with van der Waals surface area (Å²) in [5.41, 5.74) is 3.51. The number of aromatic nitrogens is 2. The zero-order chi connectivity index (χ0) is 18.3. The predicted octanol–water partition coefficient (Wildman–Crippen LogP) is 3.12. The predicted molar refractivity (Wildman–Crippen MR) is 98.3 cm³/mol. The lowest BCUT2D eigenvalue weighted by Gasteiger charge is -2.59. The fourth-order valence-corrected chi connectivity index (χ4v) is 6.69. The second-order valence-electron chi connectivity index (χ2n) is 8.88. The maximum Gasteiger partial charge on any atom is 0.407 e. The van der Waals surface area contributed by atoms with Gasteiger partial charge >= 0.3 is 6.09 Å².